The Balaban J connectivity index is 2.03. The number of aryl methyl sites for hydroxylation is 1. The summed E-state index contributed by atoms with van der Waals surface area (Å²) in [5, 5.41) is 13.6. The highest BCUT2D eigenvalue weighted by atomic mass is 32.2. The Labute approximate surface area is 127 Å². The molecular weight excluding hydrogens is 264 g/mol. The molecule has 2 atom stereocenters. The summed E-state index contributed by atoms with van der Waals surface area (Å²) < 4.78 is 0. The number of benzene rings is 1. The fourth-order valence-corrected chi connectivity index (χ4v) is 4.28. The van der Waals surface area contributed by atoms with E-state index in [1.165, 1.54) is 16.9 Å². The SMILES string of the molecule is CCCNC1(C#N)CCCC(Sc2ccccc2C)C1. The van der Waals surface area contributed by atoms with Gasteiger partial charge in [-0.15, -0.1) is 11.8 Å². The van der Waals surface area contributed by atoms with Crippen LogP contribution in [-0.2, 0) is 0 Å². The Hall–Kier alpha value is -0.980. The normalized spacial score (nSPS) is 26.1. The lowest BCUT2D eigenvalue weighted by molar-refractivity contribution is 0.305. The minimum absolute atomic E-state index is 0.297. The van der Waals surface area contributed by atoms with Gasteiger partial charge in [-0.3, -0.25) is 5.32 Å². The molecule has 2 unspecified atom stereocenters. The third-order valence-electron chi connectivity index (χ3n) is 4.02. The topological polar surface area (TPSA) is 35.8 Å². The number of rotatable bonds is 5. The second-order valence-corrected chi connectivity index (χ2v) is 7.06. The van der Waals surface area contributed by atoms with Gasteiger partial charge in [0.1, 0.15) is 5.54 Å². The number of nitrogens with zero attached hydrogens (tertiary/aromatic N) is 1. The Morgan fingerprint density at radius 3 is 2.95 bits per heavy atom. The molecule has 0 aliphatic heterocycles. The minimum Gasteiger partial charge on any atom is -0.299 e. The van der Waals surface area contributed by atoms with Crippen LogP contribution in [0.4, 0.5) is 0 Å². The van der Waals surface area contributed by atoms with E-state index in [-0.39, 0.29) is 5.54 Å². The van der Waals surface area contributed by atoms with Gasteiger partial charge in [0, 0.05) is 10.1 Å². The fourth-order valence-electron chi connectivity index (χ4n) is 2.86. The maximum atomic E-state index is 9.58. The summed E-state index contributed by atoms with van der Waals surface area (Å²) in [4.78, 5) is 1.36. The van der Waals surface area contributed by atoms with Crippen molar-refractivity contribution in [2.45, 2.75) is 61.6 Å². The van der Waals surface area contributed by atoms with Gasteiger partial charge in [0.2, 0.25) is 0 Å². The number of hydrogen-bond donors (Lipinski definition) is 1. The Bertz CT molecular complexity index is 480. The van der Waals surface area contributed by atoms with E-state index in [9.17, 15) is 5.26 Å². The second kappa shape index (κ2) is 7.15. The van der Waals surface area contributed by atoms with Crippen molar-refractivity contribution in [3.63, 3.8) is 0 Å². The fraction of sp³-hybridized carbons (Fsp3) is 0.588. The molecule has 0 heterocycles. The van der Waals surface area contributed by atoms with E-state index in [2.05, 4.69) is 49.5 Å². The van der Waals surface area contributed by atoms with Crippen molar-refractivity contribution < 1.29 is 0 Å². The molecule has 3 heteroatoms. The predicted octanol–water partition coefficient (Wildman–Crippen LogP) is 4.29. The summed E-state index contributed by atoms with van der Waals surface area (Å²) in [5.41, 5.74) is 1.04. The van der Waals surface area contributed by atoms with E-state index < -0.39 is 0 Å². The molecular formula is C17H24N2S. The van der Waals surface area contributed by atoms with Crippen molar-refractivity contribution in [3.05, 3.63) is 29.8 Å². The predicted molar refractivity (Wildman–Crippen MR) is 85.9 cm³/mol. The van der Waals surface area contributed by atoms with E-state index >= 15 is 0 Å². The summed E-state index contributed by atoms with van der Waals surface area (Å²) in [6.07, 6.45) is 5.40. The molecule has 20 heavy (non-hydrogen) atoms. The van der Waals surface area contributed by atoms with Gasteiger partial charge in [0.05, 0.1) is 6.07 Å². The highest BCUT2D eigenvalue weighted by Crippen LogP contribution is 2.39. The molecule has 2 nitrogen and oxygen atoms in total. The molecule has 0 bridgehead atoms. The smallest absolute Gasteiger partial charge is 0.107 e. The highest BCUT2D eigenvalue weighted by molar-refractivity contribution is 8.00. The van der Waals surface area contributed by atoms with Gasteiger partial charge in [-0.25, -0.2) is 0 Å². The van der Waals surface area contributed by atoms with Gasteiger partial charge in [-0.05, 0) is 57.2 Å². The van der Waals surface area contributed by atoms with Crippen LogP contribution in [0.3, 0.4) is 0 Å². The van der Waals surface area contributed by atoms with Crippen LogP contribution in [-0.4, -0.2) is 17.3 Å². The lowest BCUT2D eigenvalue weighted by atomic mass is 9.82. The molecule has 1 aliphatic carbocycles. The summed E-state index contributed by atoms with van der Waals surface area (Å²) in [6.45, 7) is 5.26. The molecule has 0 spiro atoms. The Morgan fingerprint density at radius 1 is 1.45 bits per heavy atom. The first kappa shape index (κ1) is 15.4. The van der Waals surface area contributed by atoms with Crippen molar-refractivity contribution >= 4 is 11.8 Å². The van der Waals surface area contributed by atoms with Crippen molar-refractivity contribution in [3.8, 4) is 6.07 Å². The van der Waals surface area contributed by atoms with Gasteiger partial charge in [-0.2, -0.15) is 5.26 Å². The van der Waals surface area contributed by atoms with Crippen LogP contribution in [0, 0.1) is 18.3 Å². The zero-order chi connectivity index (χ0) is 14.4. The van der Waals surface area contributed by atoms with Crippen LogP contribution >= 0.6 is 11.8 Å². The first-order valence-corrected chi connectivity index (χ1v) is 8.45. The molecule has 2 rings (SSSR count). The van der Waals surface area contributed by atoms with Crippen molar-refractivity contribution in [2.24, 2.45) is 0 Å². The molecule has 108 valence electrons. The Morgan fingerprint density at radius 2 is 2.25 bits per heavy atom. The molecule has 1 aromatic rings. The van der Waals surface area contributed by atoms with Crippen LogP contribution in [0.1, 0.15) is 44.6 Å². The molecule has 0 amide bonds. The number of hydrogen-bond acceptors (Lipinski definition) is 3. The number of nitriles is 1. The van der Waals surface area contributed by atoms with Crippen molar-refractivity contribution in [1.29, 1.82) is 5.26 Å². The van der Waals surface area contributed by atoms with Gasteiger partial charge in [-0.1, -0.05) is 25.1 Å². The minimum atomic E-state index is -0.297. The first-order chi connectivity index (χ1) is 9.69. The van der Waals surface area contributed by atoms with Crippen molar-refractivity contribution in [1.82, 2.24) is 5.32 Å². The average molecular weight is 288 g/mol. The molecule has 0 saturated heterocycles. The van der Waals surface area contributed by atoms with Gasteiger partial charge in [0.25, 0.3) is 0 Å². The molecule has 1 aliphatic rings. The highest BCUT2D eigenvalue weighted by Gasteiger charge is 2.36. The molecule has 1 N–H and O–H groups in total. The third-order valence-corrected chi connectivity index (χ3v) is 5.47. The van der Waals surface area contributed by atoms with Crippen LogP contribution < -0.4 is 5.32 Å². The second-order valence-electron chi connectivity index (χ2n) is 5.72. The van der Waals surface area contributed by atoms with E-state index in [0.29, 0.717) is 5.25 Å². The lowest BCUT2D eigenvalue weighted by Gasteiger charge is -2.36. The summed E-state index contributed by atoms with van der Waals surface area (Å²) in [5.74, 6) is 0. The molecule has 1 saturated carbocycles. The summed E-state index contributed by atoms with van der Waals surface area (Å²) in [7, 11) is 0. The zero-order valence-electron chi connectivity index (χ0n) is 12.5. The maximum Gasteiger partial charge on any atom is 0.107 e. The quantitative estimate of drug-likeness (QED) is 0.878. The van der Waals surface area contributed by atoms with E-state index in [1.807, 2.05) is 11.8 Å². The largest absolute Gasteiger partial charge is 0.299 e. The molecule has 1 fully saturated rings. The van der Waals surface area contributed by atoms with Gasteiger partial charge >= 0.3 is 0 Å². The first-order valence-electron chi connectivity index (χ1n) is 7.58. The molecule has 0 aromatic heterocycles. The van der Waals surface area contributed by atoms with E-state index in [1.54, 1.807) is 0 Å². The van der Waals surface area contributed by atoms with Crippen molar-refractivity contribution in [2.75, 3.05) is 6.54 Å². The van der Waals surface area contributed by atoms with Crippen LogP contribution in [0.2, 0.25) is 0 Å². The molecule has 0 radical (unpaired) electrons. The lowest BCUT2D eigenvalue weighted by Crippen LogP contribution is -2.48. The number of nitrogens with one attached hydrogen (secondary N) is 1. The number of thioether (sulfide) groups is 1. The maximum absolute atomic E-state index is 9.58. The van der Waals surface area contributed by atoms with Gasteiger partial charge in [0.15, 0.2) is 0 Å². The Kier molecular flexibility index (Phi) is 5.51. The van der Waals surface area contributed by atoms with Crippen LogP contribution in [0.15, 0.2) is 29.2 Å². The van der Waals surface area contributed by atoms with E-state index in [4.69, 9.17) is 0 Å². The van der Waals surface area contributed by atoms with Gasteiger partial charge < -0.3 is 0 Å². The summed E-state index contributed by atoms with van der Waals surface area (Å²) in [6, 6.07) is 11.1. The van der Waals surface area contributed by atoms with Crippen LogP contribution in [0.25, 0.3) is 0 Å². The van der Waals surface area contributed by atoms with Crippen LogP contribution in [0.5, 0.6) is 0 Å². The van der Waals surface area contributed by atoms with E-state index in [0.717, 1.165) is 32.2 Å². The summed E-state index contributed by atoms with van der Waals surface area (Å²) >= 11 is 1.95. The molecule has 1 aromatic carbocycles. The monoisotopic (exact) mass is 288 g/mol. The average Bonchev–Trinajstić information content (AvgIpc) is 2.48. The third kappa shape index (κ3) is 3.77. The standard InChI is InChI=1S/C17H24N2S/c1-3-11-19-17(13-18)10-6-8-15(12-17)20-16-9-5-4-7-14(16)2/h4-5,7,9,15,19H,3,6,8,10-12H2,1-2H3. The zero-order valence-corrected chi connectivity index (χ0v) is 13.3.